The van der Waals surface area contributed by atoms with Crippen LogP contribution in [0.2, 0.25) is 0 Å². The monoisotopic (exact) mass is 526 g/mol. The summed E-state index contributed by atoms with van der Waals surface area (Å²) in [5.74, 6) is 0.595. The Morgan fingerprint density at radius 1 is 0.947 bits per heavy atom. The van der Waals surface area contributed by atoms with Gasteiger partial charge in [0, 0.05) is 35.9 Å². The predicted octanol–water partition coefficient (Wildman–Crippen LogP) is 7.43. The fourth-order valence-corrected chi connectivity index (χ4v) is 5.02. The van der Waals surface area contributed by atoms with Gasteiger partial charge in [-0.25, -0.2) is 4.39 Å². The van der Waals surface area contributed by atoms with Crippen molar-refractivity contribution in [2.75, 3.05) is 30.8 Å². The molecule has 38 heavy (non-hydrogen) atoms. The molecule has 192 valence electrons. The number of amides is 1. The molecule has 1 aromatic heterocycles. The minimum Gasteiger partial charge on any atom is -0.492 e. The van der Waals surface area contributed by atoms with Crippen LogP contribution < -0.4 is 14.4 Å². The fraction of sp³-hybridized carbons (Fsp3) is 0.129. The molecular weight excluding hydrogens is 499 g/mol. The molecule has 0 aliphatic carbocycles. The molecule has 0 unspecified atom stereocenters. The smallest absolute Gasteiger partial charge is 0.255 e. The van der Waals surface area contributed by atoms with E-state index in [-0.39, 0.29) is 11.7 Å². The average molecular weight is 527 g/mol. The Morgan fingerprint density at radius 2 is 1.63 bits per heavy atom. The molecule has 5 rings (SSSR count). The third kappa shape index (κ3) is 5.24. The summed E-state index contributed by atoms with van der Waals surface area (Å²) in [6.45, 7) is 1.11. The summed E-state index contributed by atoms with van der Waals surface area (Å²) in [5, 5.41) is 3.42. The molecule has 1 heterocycles. The molecular formula is C31H27FN2O3S. The third-order valence-corrected chi connectivity index (χ3v) is 7.07. The molecule has 4 aromatic carbocycles. The van der Waals surface area contributed by atoms with Crippen LogP contribution in [0, 0.1) is 5.82 Å². The second kappa shape index (κ2) is 11.4. The van der Waals surface area contributed by atoms with Gasteiger partial charge in [-0.05, 0) is 48.0 Å². The first-order chi connectivity index (χ1) is 18.6. The molecule has 1 N–H and O–H groups in total. The van der Waals surface area contributed by atoms with Gasteiger partial charge in [-0.3, -0.25) is 4.79 Å². The second-order valence-electron chi connectivity index (χ2n) is 8.57. The number of carbonyl (C=O) groups excluding carboxylic acids is 1. The molecule has 5 aromatic rings. The van der Waals surface area contributed by atoms with E-state index in [1.165, 1.54) is 12.1 Å². The molecule has 0 saturated carbocycles. The van der Waals surface area contributed by atoms with E-state index in [4.69, 9.17) is 9.15 Å². The van der Waals surface area contributed by atoms with Crippen molar-refractivity contribution in [1.82, 2.24) is 5.32 Å². The maximum atomic E-state index is 13.6. The Balaban J connectivity index is 1.63. The Morgan fingerprint density at radius 3 is 2.29 bits per heavy atom. The zero-order valence-corrected chi connectivity index (χ0v) is 21.9. The molecule has 7 heteroatoms. The van der Waals surface area contributed by atoms with E-state index in [1.807, 2.05) is 79.1 Å². The van der Waals surface area contributed by atoms with Crippen LogP contribution in [0.3, 0.4) is 0 Å². The van der Waals surface area contributed by atoms with Crippen LogP contribution in [0.5, 0.6) is 5.75 Å². The molecule has 0 fully saturated rings. The minimum atomic E-state index is -0.353. The first-order valence-corrected chi connectivity index (χ1v) is 13.4. The molecule has 0 radical (unpaired) electrons. The molecule has 0 bridgehead atoms. The topological polar surface area (TPSA) is 54.7 Å². The van der Waals surface area contributed by atoms with E-state index < -0.39 is 0 Å². The lowest BCUT2D eigenvalue weighted by atomic mass is 9.98. The van der Waals surface area contributed by atoms with Gasteiger partial charge in [0.05, 0.1) is 17.8 Å². The number of benzene rings is 4. The van der Waals surface area contributed by atoms with Gasteiger partial charge >= 0.3 is 0 Å². The zero-order chi connectivity index (χ0) is 26.5. The van der Waals surface area contributed by atoms with Crippen molar-refractivity contribution in [2.45, 2.75) is 0 Å². The largest absolute Gasteiger partial charge is 0.492 e. The fourth-order valence-electron chi connectivity index (χ4n) is 4.42. The lowest BCUT2D eigenvalue weighted by molar-refractivity contribution is 0.0964. The first kappa shape index (κ1) is 25.4. The predicted molar refractivity (Wildman–Crippen MR) is 153 cm³/mol. The number of hydrogen-bond donors (Lipinski definition) is 1. The van der Waals surface area contributed by atoms with E-state index in [1.54, 1.807) is 31.1 Å². The molecule has 0 aliphatic heterocycles. The van der Waals surface area contributed by atoms with Crippen molar-refractivity contribution < 1.29 is 18.3 Å². The summed E-state index contributed by atoms with van der Waals surface area (Å²) in [7, 11) is 1.59. The number of hydrogen-bond acceptors (Lipinski definition) is 5. The van der Waals surface area contributed by atoms with E-state index >= 15 is 0 Å². The summed E-state index contributed by atoms with van der Waals surface area (Å²) < 4.78 is 28.1. The van der Waals surface area contributed by atoms with E-state index in [9.17, 15) is 9.18 Å². The summed E-state index contributed by atoms with van der Waals surface area (Å²) in [4.78, 5) is 13.1. The van der Waals surface area contributed by atoms with Crippen molar-refractivity contribution in [3.8, 4) is 28.2 Å². The summed E-state index contributed by atoms with van der Waals surface area (Å²) in [6.07, 6.45) is 2.02. The summed E-state index contributed by atoms with van der Waals surface area (Å²) in [6, 6.07) is 29.7. The van der Waals surface area contributed by atoms with Gasteiger partial charge in [-0.1, -0.05) is 60.5 Å². The zero-order valence-electron chi connectivity index (χ0n) is 21.1. The highest BCUT2D eigenvalue weighted by molar-refractivity contribution is 8.00. The number of fused-ring (bicyclic) bond motifs is 1. The quantitative estimate of drug-likeness (QED) is 0.203. The third-order valence-electron chi connectivity index (χ3n) is 6.25. The van der Waals surface area contributed by atoms with Crippen molar-refractivity contribution >= 4 is 34.5 Å². The van der Waals surface area contributed by atoms with Gasteiger partial charge in [0.1, 0.15) is 29.5 Å². The Labute approximate surface area is 225 Å². The van der Waals surface area contributed by atoms with Crippen LogP contribution in [0.4, 0.5) is 10.1 Å². The molecule has 0 spiro atoms. The van der Waals surface area contributed by atoms with Crippen LogP contribution in [-0.4, -0.2) is 32.4 Å². The summed E-state index contributed by atoms with van der Waals surface area (Å²) >= 11 is 1.59. The van der Waals surface area contributed by atoms with Crippen molar-refractivity contribution in [3.63, 3.8) is 0 Å². The van der Waals surface area contributed by atoms with Crippen LogP contribution >= 0.6 is 11.9 Å². The molecule has 0 atom stereocenters. The second-order valence-corrected chi connectivity index (χ2v) is 9.38. The first-order valence-electron chi connectivity index (χ1n) is 12.2. The van der Waals surface area contributed by atoms with Crippen molar-refractivity contribution in [2.24, 2.45) is 0 Å². The van der Waals surface area contributed by atoms with E-state index in [2.05, 4.69) is 9.62 Å². The summed E-state index contributed by atoms with van der Waals surface area (Å²) in [5.41, 5.74) is 4.53. The number of rotatable bonds is 9. The molecule has 0 aliphatic rings. The van der Waals surface area contributed by atoms with Gasteiger partial charge in [0.15, 0.2) is 0 Å². The number of halogens is 1. The Kier molecular flexibility index (Phi) is 7.65. The lowest BCUT2D eigenvalue weighted by Crippen LogP contribution is -2.22. The van der Waals surface area contributed by atoms with E-state index in [0.717, 1.165) is 22.6 Å². The van der Waals surface area contributed by atoms with Gasteiger partial charge in [-0.2, -0.15) is 0 Å². The lowest BCUT2D eigenvalue weighted by Gasteiger charge is -2.24. The number of nitrogens with one attached hydrogen (secondary N) is 1. The minimum absolute atomic E-state index is 0.271. The maximum Gasteiger partial charge on any atom is 0.255 e. The van der Waals surface area contributed by atoms with Crippen LogP contribution in [0.25, 0.3) is 33.4 Å². The van der Waals surface area contributed by atoms with Crippen LogP contribution in [-0.2, 0) is 0 Å². The Hall–Kier alpha value is -4.23. The van der Waals surface area contributed by atoms with Crippen molar-refractivity contribution in [3.05, 3.63) is 108 Å². The van der Waals surface area contributed by atoms with Crippen molar-refractivity contribution in [1.29, 1.82) is 0 Å². The maximum absolute atomic E-state index is 13.6. The number of carbonyl (C=O) groups is 1. The standard InChI is InChI=1S/C31H27FN2O3S/c1-33-31(35)29-26-19-25(21-9-5-3-6-10-21)27(34(38-2)17-18-36-24-11-7-4-8-12-24)20-28(26)37-30(29)22-13-15-23(32)16-14-22/h3-16,19-20H,17-18H2,1-2H3,(H,33,35). The number of anilines is 1. The number of para-hydroxylation sites is 1. The van der Waals surface area contributed by atoms with Gasteiger partial charge in [0.25, 0.3) is 5.91 Å². The molecule has 5 nitrogen and oxygen atoms in total. The van der Waals surface area contributed by atoms with Crippen LogP contribution in [0.1, 0.15) is 10.4 Å². The number of ether oxygens (including phenoxy) is 1. The van der Waals surface area contributed by atoms with Gasteiger partial charge in [0.2, 0.25) is 0 Å². The average Bonchev–Trinajstić information content (AvgIpc) is 3.34. The van der Waals surface area contributed by atoms with Gasteiger partial charge in [-0.15, -0.1) is 0 Å². The number of furan rings is 1. The normalized spacial score (nSPS) is 10.9. The van der Waals surface area contributed by atoms with E-state index in [0.29, 0.717) is 41.0 Å². The highest BCUT2D eigenvalue weighted by atomic mass is 32.2. The van der Waals surface area contributed by atoms with Crippen LogP contribution in [0.15, 0.2) is 101 Å². The highest BCUT2D eigenvalue weighted by Gasteiger charge is 2.24. The SMILES string of the molecule is CNC(=O)c1c(-c2ccc(F)cc2)oc2cc(N(CCOc3ccccc3)SC)c(-c3ccccc3)cc12. The number of nitrogens with zero attached hydrogens (tertiary/aromatic N) is 1. The van der Waals surface area contributed by atoms with Gasteiger partial charge < -0.3 is 18.8 Å². The Bertz CT molecular complexity index is 1540. The molecule has 1 amide bonds. The highest BCUT2D eigenvalue weighted by Crippen LogP contribution is 2.42. The molecule has 0 saturated heterocycles.